The zero-order chi connectivity index (χ0) is 21.1. The number of hydrogen-bond acceptors (Lipinski definition) is 4. The van der Waals surface area contributed by atoms with E-state index in [2.05, 4.69) is 5.32 Å². The highest BCUT2D eigenvalue weighted by Crippen LogP contribution is 2.25. The molecule has 8 heteroatoms. The quantitative estimate of drug-likeness (QED) is 0.695. The topological polar surface area (TPSA) is 104 Å². The second-order valence-electron chi connectivity index (χ2n) is 6.87. The van der Waals surface area contributed by atoms with Gasteiger partial charge in [-0.25, -0.2) is 9.18 Å². The second kappa shape index (κ2) is 8.22. The molecule has 1 heterocycles. The van der Waals surface area contributed by atoms with Gasteiger partial charge >= 0.3 is 5.97 Å². The predicted molar refractivity (Wildman–Crippen MR) is 101 cm³/mol. The van der Waals surface area contributed by atoms with Gasteiger partial charge in [0.05, 0.1) is 11.1 Å². The molecule has 29 heavy (non-hydrogen) atoms. The third-order valence-corrected chi connectivity index (χ3v) is 4.71. The SMILES string of the molecule is CC(CC(=O)NC(Cc1cccc(F)c1)C(=O)O)N1C(=O)c2ccccc2C1=O. The number of carboxylic acids is 1. The monoisotopic (exact) mass is 398 g/mol. The summed E-state index contributed by atoms with van der Waals surface area (Å²) in [6.07, 6.45) is -0.349. The summed E-state index contributed by atoms with van der Waals surface area (Å²) >= 11 is 0. The Hall–Kier alpha value is -3.55. The van der Waals surface area contributed by atoms with E-state index in [1.54, 1.807) is 37.3 Å². The van der Waals surface area contributed by atoms with Crippen LogP contribution >= 0.6 is 0 Å². The summed E-state index contributed by atoms with van der Waals surface area (Å²) in [6.45, 7) is 1.55. The molecule has 0 aromatic heterocycles. The maximum absolute atomic E-state index is 13.3. The summed E-state index contributed by atoms with van der Waals surface area (Å²) in [5.41, 5.74) is 0.977. The van der Waals surface area contributed by atoms with Gasteiger partial charge in [0, 0.05) is 18.9 Å². The van der Waals surface area contributed by atoms with Crippen LogP contribution in [0.15, 0.2) is 48.5 Å². The Bertz CT molecular complexity index is 956. The fourth-order valence-corrected chi connectivity index (χ4v) is 3.32. The largest absolute Gasteiger partial charge is 0.480 e. The number of fused-ring (bicyclic) bond motifs is 1. The van der Waals surface area contributed by atoms with E-state index in [1.165, 1.54) is 18.2 Å². The zero-order valence-corrected chi connectivity index (χ0v) is 15.6. The highest BCUT2D eigenvalue weighted by Gasteiger charge is 2.38. The van der Waals surface area contributed by atoms with Gasteiger partial charge in [-0.3, -0.25) is 19.3 Å². The Morgan fingerprint density at radius 2 is 1.69 bits per heavy atom. The van der Waals surface area contributed by atoms with Gasteiger partial charge in [0.2, 0.25) is 5.91 Å². The van der Waals surface area contributed by atoms with Crippen molar-refractivity contribution in [3.63, 3.8) is 0 Å². The molecule has 3 amide bonds. The number of benzene rings is 2. The molecule has 2 aromatic carbocycles. The lowest BCUT2D eigenvalue weighted by atomic mass is 10.1. The average Bonchev–Trinajstić information content (AvgIpc) is 2.92. The van der Waals surface area contributed by atoms with Crippen molar-refractivity contribution in [1.82, 2.24) is 10.2 Å². The Kier molecular flexibility index (Phi) is 5.72. The second-order valence-corrected chi connectivity index (χ2v) is 6.87. The number of carboxylic acid groups (broad SMARTS) is 1. The van der Waals surface area contributed by atoms with Crippen molar-refractivity contribution in [2.24, 2.45) is 0 Å². The van der Waals surface area contributed by atoms with E-state index in [0.29, 0.717) is 5.56 Å². The molecule has 0 aliphatic carbocycles. The van der Waals surface area contributed by atoms with Crippen molar-refractivity contribution in [2.75, 3.05) is 0 Å². The number of hydrogen-bond donors (Lipinski definition) is 2. The summed E-state index contributed by atoms with van der Waals surface area (Å²) in [7, 11) is 0. The minimum Gasteiger partial charge on any atom is -0.480 e. The molecule has 0 saturated heterocycles. The molecule has 2 N–H and O–H groups in total. The first-order chi connectivity index (χ1) is 13.8. The molecule has 0 radical (unpaired) electrons. The summed E-state index contributed by atoms with van der Waals surface area (Å²) in [4.78, 5) is 49.8. The molecule has 2 unspecified atom stereocenters. The van der Waals surface area contributed by atoms with Crippen molar-refractivity contribution in [2.45, 2.75) is 31.8 Å². The third-order valence-electron chi connectivity index (χ3n) is 4.71. The Labute approximate surface area is 166 Å². The molecular formula is C21H19FN2O5. The van der Waals surface area contributed by atoms with E-state index in [9.17, 15) is 28.7 Å². The summed E-state index contributed by atoms with van der Waals surface area (Å²) in [5.74, 6) is -3.37. The predicted octanol–water partition coefficient (Wildman–Crippen LogP) is 2.01. The van der Waals surface area contributed by atoms with Crippen LogP contribution < -0.4 is 5.32 Å². The van der Waals surface area contributed by atoms with Crippen LogP contribution in [0.5, 0.6) is 0 Å². The molecule has 0 fully saturated rings. The zero-order valence-electron chi connectivity index (χ0n) is 15.6. The number of rotatable bonds is 7. The van der Waals surface area contributed by atoms with E-state index in [1.807, 2.05) is 0 Å². The van der Waals surface area contributed by atoms with Gasteiger partial charge in [0.25, 0.3) is 11.8 Å². The fraction of sp³-hybridized carbons (Fsp3) is 0.238. The molecule has 150 valence electrons. The van der Waals surface area contributed by atoms with Gasteiger partial charge in [-0.2, -0.15) is 0 Å². The van der Waals surface area contributed by atoms with Crippen molar-refractivity contribution in [3.05, 3.63) is 71.0 Å². The van der Waals surface area contributed by atoms with Gasteiger partial charge in [-0.15, -0.1) is 0 Å². The molecule has 0 saturated carbocycles. The molecule has 7 nitrogen and oxygen atoms in total. The number of amides is 3. The van der Waals surface area contributed by atoms with Gasteiger partial charge in [-0.05, 0) is 36.8 Å². The number of nitrogens with zero attached hydrogens (tertiary/aromatic N) is 1. The van der Waals surface area contributed by atoms with Gasteiger partial charge in [0.15, 0.2) is 0 Å². The van der Waals surface area contributed by atoms with E-state index in [0.717, 1.165) is 4.90 Å². The standard InChI is InChI=1S/C21H19FN2O5/c1-12(24-19(26)15-7-2-3-8-16(15)20(24)27)9-18(25)23-17(21(28)29)11-13-5-4-6-14(22)10-13/h2-8,10,12,17H,9,11H2,1H3,(H,23,25)(H,28,29). The molecule has 1 aliphatic rings. The lowest BCUT2D eigenvalue weighted by Crippen LogP contribution is -2.46. The summed E-state index contributed by atoms with van der Waals surface area (Å²) < 4.78 is 13.3. The smallest absolute Gasteiger partial charge is 0.326 e. The maximum Gasteiger partial charge on any atom is 0.326 e. The average molecular weight is 398 g/mol. The number of carbonyl (C=O) groups is 4. The first-order valence-electron chi connectivity index (χ1n) is 9.01. The van der Waals surface area contributed by atoms with E-state index >= 15 is 0 Å². The van der Waals surface area contributed by atoms with Crippen LogP contribution in [-0.2, 0) is 16.0 Å². The van der Waals surface area contributed by atoms with Crippen LogP contribution in [0.4, 0.5) is 4.39 Å². The normalized spacial score (nSPS) is 15.0. The fourth-order valence-electron chi connectivity index (χ4n) is 3.32. The van der Waals surface area contributed by atoms with Crippen LogP contribution in [0, 0.1) is 5.82 Å². The molecular weight excluding hydrogens is 379 g/mol. The minimum atomic E-state index is -1.27. The van der Waals surface area contributed by atoms with E-state index in [-0.39, 0.29) is 24.0 Å². The number of imide groups is 1. The lowest BCUT2D eigenvalue weighted by Gasteiger charge is -2.23. The van der Waals surface area contributed by atoms with Crippen LogP contribution in [0.25, 0.3) is 0 Å². The Morgan fingerprint density at radius 1 is 1.07 bits per heavy atom. The van der Waals surface area contributed by atoms with Gasteiger partial charge in [-0.1, -0.05) is 24.3 Å². The highest BCUT2D eigenvalue weighted by molar-refractivity contribution is 6.21. The van der Waals surface area contributed by atoms with E-state index in [4.69, 9.17) is 0 Å². The molecule has 2 atom stereocenters. The van der Waals surface area contributed by atoms with Gasteiger partial charge < -0.3 is 10.4 Å². The number of aliphatic carboxylic acids is 1. The van der Waals surface area contributed by atoms with Crippen LogP contribution in [0.2, 0.25) is 0 Å². The van der Waals surface area contributed by atoms with Gasteiger partial charge in [0.1, 0.15) is 11.9 Å². The maximum atomic E-state index is 13.3. The van der Waals surface area contributed by atoms with Crippen molar-refractivity contribution in [3.8, 4) is 0 Å². The molecule has 1 aliphatic heterocycles. The summed E-state index contributed by atoms with van der Waals surface area (Å²) in [6, 6.07) is 9.81. The van der Waals surface area contributed by atoms with E-state index < -0.39 is 41.6 Å². The Balaban J connectivity index is 1.65. The van der Waals surface area contributed by atoms with Crippen molar-refractivity contribution in [1.29, 1.82) is 0 Å². The minimum absolute atomic E-state index is 0.0970. The summed E-state index contributed by atoms with van der Waals surface area (Å²) in [5, 5.41) is 11.8. The van der Waals surface area contributed by atoms with Crippen molar-refractivity contribution >= 4 is 23.7 Å². The molecule has 2 aromatic rings. The molecule has 0 spiro atoms. The highest BCUT2D eigenvalue weighted by atomic mass is 19.1. The first-order valence-corrected chi connectivity index (χ1v) is 9.01. The number of nitrogens with one attached hydrogen (secondary N) is 1. The molecule has 3 rings (SSSR count). The van der Waals surface area contributed by atoms with Crippen LogP contribution in [-0.4, -0.2) is 45.8 Å². The van der Waals surface area contributed by atoms with Crippen LogP contribution in [0.3, 0.4) is 0 Å². The van der Waals surface area contributed by atoms with Crippen LogP contribution in [0.1, 0.15) is 39.6 Å². The first kappa shape index (κ1) is 20.2. The lowest BCUT2D eigenvalue weighted by molar-refractivity contribution is -0.141. The number of halogens is 1. The molecule has 0 bridgehead atoms. The Morgan fingerprint density at radius 3 is 2.24 bits per heavy atom. The third kappa shape index (κ3) is 4.31. The van der Waals surface area contributed by atoms with Crippen molar-refractivity contribution < 1.29 is 28.7 Å². The number of carbonyl (C=O) groups excluding carboxylic acids is 3.